The van der Waals surface area contributed by atoms with Gasteiger partial charge in [-0.1, -0.05) is 13.8 Å². The molecule has 0 unspecified atom stereocenters. The van der Waals surface area contributed by atoms with Crippen LogP contribution >= 0.6 is 0 Å². The molecule has 0 saturated carbocycles. The van der Waals surface area contributed by atoms with Crippen LogP contribution in [0, 0.1) is 5.41 Å². The van der Waals surface area contributed by atoms with Gasteiger partial charge in [0, 0.05) is 45.4 Å². The topological polar surface area (TPSA) is 58.6 Å². The summed E-state index contributed by atoms with van der Waals surface area (Å²) in [6, 6.07) is 0.483. The molecule has 0 aromatic rings. The second-order valence-corrected chi connectivity index (χ2v) is 8.88. The average molecular weight is 304 g/mol. The Bertz CT molecular complexity index is 389. The van der Waals surface area contributed by atoms with E-state index in [9.17, 15) is 8.42 Å². The van der Waals surface area contributed by atoms with Gasteiger partial charge < -0.3 is 15.0 Å². The Morgan fingerprint density at radius 2 is 1.80 bits per heavy atom. The van der Waals surface area contributed by atoms with E-state index in [1.54, 1.807) is 0 Å². The Hall–Kier alpha value is -0.170. The number of hydrogen-bond acceptors (Lipinski definition) is 5. The minimum absolute atomic E-state index is 0.240. The molecule has 0 amide bonds. The Kier molecular flexibility index (Phi) is 5.45. The molecule has 0 bridgehead atoms. The molecule has 5 nitrogen and oxygen atoms in total. The predicted octanol–water partition coefficient (Wildman–Crippen LogP) is 0.512. The third kappa shape index (κ3) is 4.69. The van der Waals surface area contributed by atoms with Gasteiger partial charge in [0.2, 0.25) is 0 Å². The second-order valence-electron chi connectivity index (χ2n) is 6.58. The largest absolute Gasteiger partial charge is 0.381 e. The molecule has 2 heterocycles. The van der Waals surface area contributed by atoms with E-state index in [1.165, 1.54) is 0 Å². The number of sulfone groups is 1. The van der Waals surface area contributed by atoms with Gasteiger partial charge in [0.05, 0.1) is 11.5 Å². The van der Waals surface area contributed by atoms with E-state index in [0.29, 0.717) is 30.6 Å². The lowest BCUT2D eigenvalue weighted by Crippen LogP contribution is -2.51. The zero-order chi connectivity index (χ0) is 14.6. The number of hydrogen-bond donors (Lipinski definition) is 1. The maximum Gasteiger partial charge on any atom is 0.152 e. The van der Waals surface area contributed by atoms with Crippen LogP contribution in [0.5, 0.6) is 0 Å². The second kappa shape index (κ2) is 6.73. The van der Waals surface area contributed by atoms with E-state index in [-0.39, 0.29) is 5.41 Å². The Morgan fingerprint density at radius 3 is 2.35 bits per heavy atom. The molecule has 2 saturated heterocycles. The van der Waals surface area contributed by atoms with E-state index < -0.39 is 9.84 Å². The normalized spacial score (nSPS) is 26.8. The Labute approximate surface area is 123 Å². The summed E-state index contributed by atoms with van der Waals surface area (Å²) in [4.78, 5) is 2.33. The van der Waals surface area contributed by atoms with Crippen LogP contribution in [0.4, 0.5) is 0 Å². The molecule has 2 aliphatic rings. The van der Waals surface area contributed by atoms with Crippen molar-refractivity contribution in [3.8, 4) is 0 Å². The fourth-order valence-corrected chi connectivity index (χ4v) is 4.28. The highest BCUT2D eigenvalue weighted by Crippen LogP contribution is 2.31. The van der Waals surface area contributed by atoms with Gasteiger partial charge >= 0.3 is 0 Å². The molecule has 20 heavy (non-hydrogen) atoms. The summed E-state index contributed by atoms with van der Waals surface area (Å²) in [7, 11) is -2.78. The maximum absolute atomic E-state index is 11.5. The lowest BCUT2D eigenvalue weighted by atomic mass is 9.79. The SMILES string of the molecule is CC(C)NCC1(CN2CCS(=O)(=O)CC2)CCOCC1. The third-order valence-electron chi connectivity index (χ3n) is 4.43. The number of ether oxygens (including phenoxy) is 1. The Morgan fingerprint density at radius 1 is 1.20 bits per heavy atom. The summed E-state index contributed by atoms with van der Waals surface area (Å²) >= 11 is 0. The fraction of sp³-hybridized carbons (Fsp3) is 1.00. The highest BCUT2D eigenvalue weighted by Gasteiger charge is 2.35. The molecule has 0 atom stereocenters. The van der Waals surface area contributed by atoms with E-state index in [0.717, 1.165) is 39.1 Å². The first-order chi connectivity index (χ1) is 9.41. The summed E-state index contributed by atoms with van der Waals surface area (Å²) in [6.07, 6.45) is 2.13. The molecule has 0 spiro atoms. The number of nitrogens with zero attached hydrogens (tertiary/aromatic N) is 1. The number of rotatable bonds is 5. The summed E-state index contributed by atoms with van der Waals surface area (Å²) in [5, 5.41) is 3.56. The molecule has 2 fully saturated rings. The van der Waals surface area contributed by atoms with Crippen LogP contribution < -0.4 is 5.32 Å². The predicted molar refractivity (Wildman–Crippen MR) is 80.7 cm³/mol. The summed E-state index contributed by atoms with van der Waals surface area (Å²) < 4.78 is 28.6. The minimum atomic E-state index is -2.78. The van der Waals surface area contributed by atoms with Crippen molar-refractivity contribution in [1.29, 1.82) is 0 Å². The van der Waals surface area contributed by atoms with Gasteiger partial charge in [0.25, 0.3) is 0 Å². The van der Waals surface area contributed by atoms with E-state index >= 15 is 0 Å². The highest BCUT2D eigenvalue weighted by atomic mass is 32.2. The van der Waals surface area contributed by atoms with Crippen LogP contribution in [0.1, 0.15) is 26.7 Å². The molecule has 2 rings (SSSR count). The third-order valence-corrected chi connectivity index (χ3v) is 6.04. The van der Waals surface area contributed by atoms with Gasteiger partial charge in [-0.25, -0.2) is 8.42 Å². The lowest BCUT2D eigenvalue weighted by Gasteiger charge is -2.42. The Balaban J connectivity index is 1.93. The summed E-state index contributed by atoms with van der Waals surface area (Å²) in [5.74, 6) is 0.633. The highest BCUT2D eigenvalue weighted by molar-refractivity contribution is 7.91. The molecular weight excluding hydrogens is 276 g/mol. The van der Waals surface area contributed by atoms with Crippen molar-refractivity contribution in [1.82, 2.24) is 10.2 Å². The van der Waals surface area contributed by atoms with Crippen molar-refractivity contribution in [2.24, 2.45) is 5.41 Å². The smallest absolute Gasteiger partial charge is 0.152 e. The zero-order valence-electron chi connectivity index (χ0n) is 12.7. The molecule has 0 aliphatic carbocycles. The van der Waals surface area contributed by atoms with E-state index in [4.69, 9.17) is 4.74 Å². The van der Waals surface area contributed by atoms with Crippen molar-refractivity contribution >= 4 is 9.84 Å². The quantitative estimate of drug-likeness (QED) is 0.802. The van der Waals surface area contributed by atoms with Gasteiger partial charge in [-0.3, -0.25) is 0 Å². The van der Waals surface area contributed by atoms with Crippen LogP contribution in [0.3, 0.4) is 0 Å². The van der Waals surface area contributed by atoms with Crippen molar-refractivity contribution in [3.05, 3.63) is 0 Å². The van der Waals surface area contributed by atoms with Crippen molar-refractivity contribution < 1.29 is 13.2 Å². The van der Waals surface area contributed by atoms with Crippen LogP contribution in [0.25, 0.3) is 0 Å². The summed E-state index contributed by atoms with van der Waals surface area (Å²) in [5.41, 5.74) is 0.240. The van der Waals surface area contributed by atoms with Crippen molar-refractivity contribution in [2.45, 2.75) is 32.7 Å². The molecule has 0 radical (unpaired) electrons. The van der Waals surface area contributed by atoms with Crippen molar-refractivity contribution in [2.75, 3.05) is 50.9 Å². The molecule has 0 aromatic heterocycles. The van der Waals surface area contributed by atoms with E-state index in [2.05, 4.69) is 24.1 Å². The molecule has 2 aliphatic heterocycles. The zero-order valence-corrected chi connectivity index (χ0v) is 13.5. The maximum atomic E-state index is 11.5. The molecular formula is C14H28N2O3S. The number of nitrogens with one attached hydrogen (secondary N) is 1. The average Bonchev–Trinajstić information content (AvgIpc) is 2.40. The standard InChI is InChI=1S/C14H28N2O3S/c1-13(2)15-11-14(3-7-19-8-4-14)12-16-5-9-20(17,18)10-6-16/h13,15H,3-12H2,1-2H3. The van der Waals surface area contributed by atoms with Crippen LogP contribution in [-0.4, -0.2) is 70.3 Å². The first-order valence-corrected chi connectivity index (χ1v) is 9.47. The molecule has 0 aromatic carbocycles. The van der Waals surface area contributed by atoms with Gasteiger partial charge in [0.15, 0.2) is 9.84 Å². The van der Waals surface area contributed by atoms with Crippen LogP contribution in [-0.2, 0) is 14.6 Å². The first-order valence-electron chi connectivity index (χ1n) is 7.65. The van der Waals surface area contributed by atoms with Gasteiger partial charge in [-0.05, 0) is 18.3 Å². The lowest BCUT2D eigenvalue weighted by molar-refractivity contribution is -0.00400. The summed E-state index contributed by atoms with van der Waals surface area (Å²) in [6.45, 7) is 9.35. The molecule has 118 valence electrons. The monoisotopic (exact) mass is 304 g/mol. The van der Waals surface area contributed by atoms with Gasteiger partial charge in [-0.2, -0.15) is 0 Å². The minimum Gasteiger partial charge on any atom is -0.381 e. The van der Waals surface area contributed by atoms with Gasteiger partial charge in [0.1, 0.15) is 0 Å². The van der Waals surface area contributed by atoms with E-state index in [1.807, 2.05) is 0 Å². The first kappa shape index (κ1) is 16.2. The van der Waals surface area contributed by atoms with Crippen molar-refractivity contribution in [3.63, 3.8) is 0 Å². The molecule has 6 heteroatoms. The molecule has 1 N–H and O–H groups in total. The van der Waals surface area contributed by atoms with Gasteiger partial charge in [-0.15, -0.1) is 0 Å². The fourth-order valence-electron chi connectivity index (χ4n) is 3.00. The van der Waals surface area contributed by atoms with Crippen LogP contribution in [0.15, 0.2) is 0 Å². The van der Waals surface area contributed by atoms with Crippen LogP contribution in [0.2, 0.25) is 0 Å².